The average Bonchev–Trinajstić information content (AvgIpc) is 3.40. The molecule has 1 atom stereocenters. The van der Waals surface area contributed by atoms with Crippen molar-refractivity contribution in [1.29, 1.82) is 0 Å². The SMILES string of the molecule is COc1cccc([C@@H]2c3[nH]c4ccccc4c3CCN2C(=O)c2occc2C)c1OC. The first kappa shape index (κ1) is 19.3. The Hall–Kier alpha value is -3.67. The van der Waals surface area contributed by atoms with Gasteiger partial charge in [-0.1, -0.05) is 30.3 Å². The molecule has 0 unspecified atom stereocenters. The van der Waals surface area contributed by atoms with Crippen LogP contribution in [0.3, 0.4) is 0 Å². The molecule has 1 aliphatic heterocycles. The molecule has 1 N–H and O–H groups in total. The summed E-state index contributed by atoms with van der Waals surface area (Å²) in [4.78, 5) is 19.0. The normalized spacial score (nSPS) is 15.7. The van der Waals surface area contributed by atoms with Crippen LogP contribution in [0.2, 0.25) is 0 Å². The highest BCUT2D eigenvalue weighted by molar-refractivity contribution is 5.94. The molecule has 31 heavy (non-hydrogen) atoms. The van der Waals surface area contributed by atoms with Gasteiger partial charge in [0, 0.05) is 34.3 Å². The lowest BCUT2D eigenvalue weighted by atomic mass is 9.91. The number of aromatic amines is 1. The number of carbonyl (C=O) groups excluding carboxylic acids is 1. The van der Waals surface area contributed by atoms with Gasteiger partial charge in [-0.25, -0.2) is 0 Å². The molecule has 0 fully saturated rings. The van der Waals surface area contributed by atoms with E-state index in [1.54, 1.807) is 20.5 Å². The Morgan fingerprint density at radius 1 is 1.10 bits per heavy atom. The van der Waals surface area contributed by atoms with E-state index in [0.717, 1.165) is 28.8 Å². The lowest BCUT2D eigenvalue weighted by Crippen LogP contribution is -2.40. The summed E-state index contributed by atoms with van der Waals surface area (Å²) in [6.07, 6.45) is 2.32. The van der Waals surface area contributed by atoms with Gasteiger partial charge in [0.2, 0.25) is 0 Å². The molecule has 0 spiro atoms. The molecule has 1 aliphatic rings. The van der Waals surface area contributed by atoms with Crippen molar-refractivity contribution in [2.75, 3.05) is 20.8 Å². The van der Waals surface area contributed by atoms with Gasteiger partial charge in [0.15, 0.2) is 17.3 Å². The van der Waals surface area contributed by atoms with Crippen LogP contribution < -0.4 is 9.47 Å². The molecule has 6 heteroatoms. The molecule has 6 nitrogen and oxygen atoms in total. The van der Waals surface area contributed by atoms with Crippen LogP contribution in [0.1, 0.15) is 39.0 Å². The second-order valence-corrected chi connectivity index (χ2v) is 7.73. The average molecular weight is 416 g/mol. The molecule has 0 aliphatic carbocycles. The van der Waals surface area contributed by atoms with Crippen molar-refractivity contribution in [3.8, 4) is 11.5 Å². The fourth-order valence-electron chi connectivity index (χ4n) is 4.63. The number of aryl methyl sites for hydroxylation is 1. The Balaban J connectivity index is 1.74. The van der Waals surface area contributed by atoms with Gasteiger partial charge >= 0.3 is 0 Å². The number of carbonyl (C=O) groups is 1. The van der Waals surface area contributed by atoms with Crippen LogP contribution in [0, 0.1) is 6.92 Å². The second-order valence-electron chi connectivity index (χ2n) is 7.73. The fraction of sp³-hybridized carbons (Fsp3) is 0.240. The maximum Gasteiger partial charge on any atom is 0.290 e. The zero-order chi connectivity index (χ0) is 21.5. The molecule has 5 rings (SSSR count). The maximum absolute atomic E-state index is 13.6. The van der Waals surface area contributed by atoms with Crippen LogP contribution in [0.15, 0.2) is 59.2 Å². The third kappa shape index (κ3) is 2.98. The zero-order valence-electron chi connectivity index (χ0n) is 17.8. The Bertz CT molecular complexity index is 1270. The minimum Gasteiger partial charge on any atom is -0.493 e. The number of rotatable bonds is 4. The number of benzene rings is 2. The lowest BCUT2D eigenvalue weighted by molar-refractivity contribution is 0.0656. The van der Waals surface area contributed by atoms with Crippen LogP contribution >= 0.6 is 0 Å². The van der Waals surface area contributed by atoms with Gasteiger partial charge in [0.1, 0.15) is 6.04 Å². The van der Waals surface area contributed by atoms with E-state index >= 15 is 0 Å². The number of fused-ring (bicyclic) bond motifs is 3. The minimum atomic E-state index is -0.363. The van der Waals surface area contributed by atoms with Crippen molar-refractivity contribution in [1.82, 2.24) is 9.88 Å². The number of nitrogens with one attached hydrogen (secondary N) is 1. The standard InChI is InChI=1S/C25H24N2O4/c1-15-12-14-31-23(15)25(28)27-13-11-17-16-7-4-5-9-19(16)26-21(17)22(27)18-8-6-10-20(29-2)24(18)30-3/h4-10,12,14,22,26H,11,13H2,1-3H3/t22-/m1/s1. The smallest absolute Gasteiger partial charge is 0.290 e. The van der Waals surface area contributed by atoms with Crippen LogP contribution in [-0.2, 0) is 6.42 Å². The molecule has 0 bridgehead atoms. The van der Waals surface area contributed by atoms with Gasteiger partial charge in [-0.2, -0.15) is 0 Å². The van der Waals surface area contributed by atoms with E-state index in [2.05, 4.69) is 17.1 Å². The number of hydrogen-bond acceptors (Lipinski definition) is 4. The summed E-state index contributed by atoms with van der Waals surface area (Å²) < 4.78 is 16.9. The number of ether oxygens (including phenoxy) is 2. The molecule has 158 valence electrons. The number of furan rings is 1. The number of para-hydroxylation sites is 2. The molecule has 4 aromatic rings. The first-order valence-electron chi connectivity index (χ1n) is 10.3. The number of hydrogen-bond donors (Lipinski definition) is 1. The largest absolute Gasteiger partial charge is 0.493 e. The highest BCUT2D eigenvalue weighted by Gasteiger charge is 2.38. The number of nitrogens with zero attached hydrogens (tertiary/aromatic N) is 1. The summed E-state index contributed by atoms with van der Waals surface area (Å²) in [5, 5.41) is 1.19. The number of aromatic nitrogens is 1. The maximum atomic E-state index is 13.6. The molecule has 1 amide bonds. The zero-order valence-corrected chi connectivity index (χ0v) is 17.8. The summed E-state index contributed by atoms with van der Waals surface area (Å²) in [7, 11) is 3.24. The van der Waals surface area contributed by atoms with Crippen LogP contribution in [0.25, 0.3) is 10.9 Å². The van der Waals surface area contributed by atoms with E-state index in [9.17, 15) is 4.79 Å². The highest BCUT2D eigenvalue weighted by atomic mass is 16.5. The summed E-state index contributed by atoms with van der Waals surface area (Å²) in [5.41, 5.74) is 4.97. The summed E-state index contributed by atoms with van der Waals surface area (Å²) in [5.74, 6) is 1.48. The van der Waals surface area contributed by atoms with E-state index in [4.69, 9.17) is 13.9 Å². The van der Waals surface area contributed by atoms with Crippen molar-refractivity contribution >= 4 is 16.8 Å². The Morgan fingerprint density at radius 2 is 1.94 bits per heavy atom. The van der Waals surface area contributed by atoms with Crippen molar-refractivity contribution in [3.05, 3.63) is 82.9 Å². The van der Waals surface area contributed by atoms with E-state index in [1.165, 1.54) is 10.9 Å². The second kappa shape index (κ2) is 7.54. The number of H-pyrrole nitrogens is 1. The lowest BCUT2D eigenvalue weighted by Gasteiger charge is -2.36. The first-order valence-corrected chi connectivity index (χ1v) is 10.3. The molecule has 2 aromatic carbocycles. The molecule has 0 saturated carbocycles. The van der Waals surface area contributed by atoms with Crippen LogP contribution in [0.4, 0.5) is 0 Å². The summed E-state index contributed by atoms with van der Waals surface area (Å²) >= 11 is 0. The minimum absolute atomic E-state index is 0.137. The third-order valence-electron chi connectivity index (χ3n) is 6.08. The van der Waals surface area contributed by atoms with Crippen LogP contribution in [-0.4, -0.2) is 36.6 Å². The summed E-state index contributed by atoms with van der Waals surface area (Å²) in [6.45, 7) is 2.45. The molecule has 0 saturated heterocycles. The van der Waals surface area contributed by atoms with E-state index in [-0.39, 0.29) is 11.9 Å². The molecule has 3 heterocycles. The number of methoxy groups -OCH3 is 2. The fourth-order valence-corrected chi connectivity index (χ4v) is 4.63. The first-order chi connectivity index (χ1) is 15.1. The molecular weight excluding hydrogens is 392 g/mol. The van der Waals surface area contributed by atoms with Gasteiger partial charge < -0.3 is 23.8 Å². The van der Waals surface area contributed by atoms with Gasteiger partial charge in [0.25, 0.3) is 5.91 Å². The van der Waals surface area contributed by atoms with Gasteiger partial charge in [-0.15, -0.1) is 0 Å². The predicted molar refractivity (Wildman–Crippen MR) is 118 cm³/mol. The monoisotopic (exact) mass is 416 g/mol. The Morgan fingerprint density at radius 3 is 2.68 bits per heavy atom. The van der Waals surface area contributed by atoms with Crippen molar-refractivity contribution < 1.29 is 18.7 Å². The molecule has 0 radical (unpaired) electrons. The van der Waals surface area contributed by atoms with Crippen LogP contribution in [0.5, 0.6) is 11.5 Å². The Labute approximate surface area is 180 Å². The van der Waals surface area contributed by atoms with E-state index in [1.807, 2.05) is 48.2 Å². The quantitative estimate of drug-likeness (QED) is 0.515. The molecule has 2 aromatic heterocycles. The third-order valence-corrected chi connectivity index (χ3v) is 6.08. The van der Waals surface area contributed by atoms with Crippen molar-refractivity contribution in [3.63, 3.8) is 0 Å². The number of amides is 1. The highest BCUT2D eigenvalue weighted by Crippen LogP contribution is 2.44. The van der Waals surface area contributed by atoms with E-state index < -0.39 is 0 Å². The Kier molecular flexibility index (Phi) is 4.70. The summed E-state index contributed by atoms with van der Waals surface area (Å²) in [6, 6.07) is 15.5. The van der Waals surface area contributed by atoms with Gasteiger partial charge in [0.05, 0.1) is 20.5 Å². The van der Waals surface area contributed by atoms with Crippen molar-refractivity contribution in [2.24, 2.45) is 0 Å². The van der Waals surface area contributed by atoms with Gasteiger partial charge in [-0.3, -0.25) is 4.79 Å². The van der Waals surface area contributed by atoms with E-state index in [0.29, 0.717) is 23.8 Å². The van der Waals surface area contributed by atoms with Gasteiger partial charge in [-0.05, 0) is 37.1 Å². The topological polar surface area (TPSA) is 67.7 Å². The predicted octanol–water partition coefficient (Wildman–Crippen LogP) is 4.87. The molecular formula is C25H24N2O4. The van der Waals surface area contributed by atoms with Crippen molar-refractivity contribution in [2.45, 2.75) is 19.4 Å².